The van der Waals surface area contributed by atoms with Gasteiger partial charge < -0.3 is 4.74 Å². The van der Waals surface area contributed by atoms with Gasteiger partial charge in [-0.1, -0.05) is 74.5 Å². The van der Waals surface area contributed by atoms with Crippen molar-refractivity contribution in [2.75, 3.05) is 0 Å². The largest absolute Gasteiger partial charge is 0.364 e. The fourth-order valence-electron chi connectivity index (χ4n) is 3.13. The molecule has 0 amide bonds. The minimum Gasteiger partial charge on any atom is -0.364 e. The molecule has 0 N–H and O–H groups in total. The van der Waals surface area contributed by atoms with E-state index in [1.54, 1.807) is 0 Å². The molecule has 21 heavy (non-hydrogen) atoms. The van der Waals surface area contributed by atoms with Crippen LogP contribution in [0, 0.1) is 11.8 Å². The number of benzene rings is 2. The highest BCUT2D eigenvalue weighted by atomic mass is 16.5. The number of hydrogen-bond acceptors (Lipinski definition) is 2. The Kier molecular flexibility index (Phi) is 3.89. The fraction of sp³-hybridized carbons (Fsp3) is 0.316. The lowest BCUT2D eigenvalue weighted by molar-refractivity contribution is -0.157. The lowest BCUT2D eigenvalue weighted by atomic mass is 9.80. The van der Waals surface area contributed by atoms with E-state index in [1.807, 2.05) is 74.5 Å². The van der Waals surface area contributed by atoms with Crippen molar-refractivity contribution in [1.82, 2.24) is 0 Å². The molecule has 0 aliphatic carbocycles. The lowest BCUT2D eigenvalue weighted by Gasteiger charge is -2.38. The third kappa shape index (κ3) is 2.64. The summed E-state index contributed by atoms with van der Waals surface area (Å²) in [5.74, 6) is 0.0636. The maximum absolute atomic E-state index is 12.6. The molecule has 1 aliphatic rings. The highest BCUT2D eigenvalue weighted by molar-refractivity contribution is 5.85. The maximum atomic E-state index is 12.6. The van der Waals surface area contributed by atoms with Crippen LogP contribution >= 0.6 is 0 Å². The molecule has 2 aromatic carbocycles. The maximum Gasteiger partial charge on any atom is 0.144 e. The van der Waals surface area contributed by atoms with E-state index in [2.05, 4.69) is 0 Å². The Hall–Kier alpha value is -1.93. The van der Waals surface area contributed by atoms with Gasteiger partial charge in [-0.3, -0.25) is 4.79 Å². The van der Waals surface area contributed by atoms with Crippen molar-refractivity contribution in [3.63, 3.8) is 0 Å². The van der Waals surface area contributed by atoms with Crippen LogP contribution in [0.2, 0.25) is 0 Å². The van der Waals surface area contributed by atoms with Crippen molar-refractivity contribution in [3.05, 3.63) is 71.8 Å². The Bertz CT molecular complexity index is 552. The molecule has 0 radical (unpaired) electrons. The summed E-state index contributed by atoms with van der Waals surface area (Å²) >= 11 is 0. The van der Waals surface area contributed by atoms with Crippen LogP contribution in [0.5, 0.6) is 0 Å². The second-order valence-electron chi connectivity index (χ2n) is 5.78. The lowest BCUT2D eigenvalue weighted by Crippen LogP contribution is -2.37. The first-order valence-electron chi connectivity index (χ1n) is 7.47. The van der Waals surface area contributed by atoms with Gasteiger partial charge in [-0.15, -0.1) is 0 Å². The summed E-state index contributed by atoms with van der Waals surface area (Å²) in [7, 11) is 0. The molecule has 1 saturated heterocycles. The number of ether oxygens (including phenoxy) is 1. The third-order valence-corrected chi connectivity index (χ3v) is 4.36. The average Bonchev–Trinajstić information content (AvgIpc) is 2.55. The van der Waals surface area contributed by atoms with Crippen LogP contribution < -0.4 is 0 Å². The monoisotopic (exact) mass is 280 g/mol. The molecule has 2 nitrogen and oxygen atoms in total. The van der Waals surface area contributed by atoms with Gasteiger partial charge in [-0.2, -0.15) is 0 Å². The standard InChI is InChI=1S/C19H20O2/c1-13-17(20)14(2)19(16-11-7-4-8-12-16)21-18(13)15-9-5-3-6-10-15/h3-14,18-19H,1-2H3/t13-,14+,18-,19-/m1/s1. The zero-order valence-electron chi connectivity index (χ0n) is 12.4. The number of carbonyl (C=O) groups is 1. The van der Waals surface area contributed by atoms with Gasteiger partial charge in [0, 0.05) is 11.8 Å². The molecule has 0 aromatic heterocycles. The van der Waals surface area contributed by atoms with E-state index in [-0.39, 0.29) is 29.8 Å². The van der Waals surface area contributed by atoms with Crippen molar-refractivity contribution in [1.29, 1.82) is 0 Å². The zero-order chi connectivity index (χ0) is 14.8. The predicted molar refractivity (Wildman–Crippen MR) is 82.8 cm³/mol. The van der Waals surface area contributed by atoms with Crippen molar-refractivity contribution >= 4 is 5.78 Å². The van der Waals surface area contributed by atoms with Gasteiger partial charge in [0.2, 0.25) is 0 Å². The van der Waals surface area contributed by atoms with Crippen molar-refractivity contribution in [2.45, 2.75) is 26.1 Å². The first-order chi connectivity index (χ1) is 10.2. The first-order valence-corrected chi connectivity index (χ1v) is 7.47. The Balaban J connectivity index is 1.95. The number of rotatable bonds is 2. The summed E-state index contributed by atoms with van der Waals surface area (Å²) < 4.78 is 6.33. The van der Waals surface area contributed by atoms with E-state index in [1.165, 1.54) is 0 Å². The molecule has 2 heteroatoms. The molecule has 0 spiro atoms. The van der Waals surface area contributed by atoms with Gasteiger partial charge in [-0.25, -0.2) is 0 Å². The topological polar surface area (TPSA) is 26.3 Å². The molecule has 2 aromatic rings. The van der Waals surface area contributed by atoms with E-state index in [9.17, 15) is 4.79 Å². The number of carbonyl (C=O) groups excluding carboxylic acids is 1. The molecule has 1 aliphatic heterocycles. The summed E-state index contributed by atoms with van der Waals surface area (Å²) in [4.78, 5) is 12.6. The number of ketones is 1. The summed E-state index contributed by atoms with van der Waals surface area (Å²) in [5.41, 5.74) is 2.15. The fourth-order valence-corrected chi connectivity index (χ4v) is 3.13. The van der Waals surface area contributed by atoms with Gasteiger partial charge in [0.1, 0.15) is 5.78 Å². The molecule has 108 valence electrons. The highest BCUT2D eigenvalue weighted by Gasteiger charge is 2.41. The Morgan fingerprint density at radius 2 is 1.10 bits per heavy atom. The van der Waals surface area contributed by atoms with E-state index in [4.69, 9.17) is 4.74 Å². The van der Waals surface area contributed by atoms with E-state index < -0.39 is 0 Å². The van der Waals surface area contributed by atoms with Crippen LogP contribution in [0.25, 0.3) is 0 Å². The molecular formula is C19H20O2. The number of Topliss-reactive ketones (excluding diaryl/α,β-unsaturated/α-hetero) is 1. The van der Waals surface area contributed by atoms with Crippen LogP contribution in [0.1, 0.15) is 37.2 Å². The van der Waals surface area contributed by atoms with Crippen molar-refractivity contribution in [3.8, 4) is 0 Å². The van der Waals surface area contributed by atoms with E-state index in [0.29, 0.717) is 0 Å². The molecule has 1 heterocycles. The quantitative estimate of drug-likeness (QED) is 0.818. The molecule has 1 fully saturated rings. The van der Waals surface area contributed by atoms with Gasteiger partial charge in [0.25, 0.3) is 0 Å². The van der Waals surface area contributed by atoms with Crippen LogP contribution in [0.4, 0.5) is 0 Å². The average molecular weight is 280 g/mol. The predicted octanol–water partition coefficient (Wildman–Crippen LogP) is 4.34. The molecule has 0 bridgehead atoms. The normalized spacial score (nSPS) is 29.3. The first kappa shape index (κ1) is 14.0. The van der Waals surface area contributed by atoms with Gasteiger partial charge in [0.15, 0.2) is 0 Å². The smallest absolute Gasteiger partial charge is 0.144 e. The SMILES string of the molecule is C[C@@H]1C(=O)[C@H](C)[C@H](c2ccccc2)O[C@H]1c1ccccc1. The van der Waals surface area contributed by atoms with Crippen molar-refractivity contribution in [2.24, 2.45) is 11.8 Å². The molecule has 4 atom stereocenters. The molecule has 3 rings (SSSR count). The Morgan fingerprint density at radius 1 is 0.714 bits per heavy atom. The summed E-state index contributed by atoms with van der Waals surface area (Å²) in [5, 5.41) is 0. The van der Waals surface area contributed by atoms with Crippen LogP contribution in [-0.4, -0.2) is 5.78 Å². The van der Waals surface area contributed by atoms with Crippen LogP contribution in [0.3, 0.4) is 0 Å². The highest BCUT2D eigenvalue weighted by Crippen LogP contribution is 2.43. The Morgan fingerprint density at radius 3 is 1.48 bits per heavy atom. The van der Waals surface area contributed by atoms with Gasteiger partial charge in [-0.05, 0) is 11.1 Å². The Labute approximate surface area is 125 Å². The van der Waals surface area contributed by atoms with Gasteiger partial charge >= 0.3 is 0 Å². The van der Waals surface area contributed by atoms with Crippen molar-refractivity contribution < 1.29 is 9.53 Å². The second-order valence-corrected chi connectivity index (χ2v) is 5.78. The van der Waals surface area contributed by atoms with Crippen LogP contribution in [0.15, 0.2) is 60.7 Å². The molecular weight excluding hydrogens is 260 g/mol. The summed E-state index contributed by atoms with van der Waals surface area (Å²) in [6.07, 6.45) is -0.333. The summed E-state index contributed by atoms with van der Waals surface area (Å²) in [6, 6.07) is 20.1. The zero-order valence-corrected chi connectivity index (χ0v) is 12.4. The minimum absolute atomic E-state index is 0.109. The number of hydrogen-bond donors (Lipinski definition) is 0. The third-order valence-electron chi connectivity index (χ3n) is 4.36. The molecule has 0 unspecified atom stereocenters. The summed E-state index contributed by atoms with van der Waals surface area (Å²) in [6.45, 7) is 3.94. The van der Waals surface area contributed by atoms with E-state index in [0.717, 1.165) is 11.1 Å². The van der Waals surface area contributed by atoms with Gasteiger partial charge in [0.05, 0.1) is 12.2 Å². The van der Waals surface area contributed by atoms with E-state index >= 15 is 0 Å². The minimum atomic E-state index is -0.167. The second kappa shape index (κ2) is 5.82. The van der Waals surface area contributed by atoms with Crippen LogP contribution in [-0.2, 0) is 9.53 Å². The molecule has 0 saturated carbocycles.